The van der Waals surface area contributed by atoms with Gasteiger partial charge in [-0.2, -0.15) is 5.10 Å². The monoisotopic (exact) mass is 323 g/mol. The van der Waals surface area contributed by atoms with E-state index in [-0.39, 0.29) is 27.0 Å². The molecule has 0 bridgehead atoms. The van der Waals surface area contributed by atoms with Crippen molar-refractivity contribution in [2.24, 2.45) is 7.05 Å². The van der Waals surface area contributed by atoms with Crippen molar-refractivity contribution >= 4 is 34.0 Å². The summed E-state index contributed by atoms with van der Waals surface area (Å²) in [5, 5.41) is 5.09. The van der Waals surface area contributed by atoms with Crippen molar-refractivity contribution in [2.75, 3.05) is 0 Å². The summed E-state index contributed by atoms with van der Waals surface area (Å²) in [6.45, 7) is 0. The number of fused-ring (bicyclic) bond motifs is 1. The van der Waals surface area contributed by atoms with Crippen LogP contribution in [0.5, 0.6) is 0 Å². The van der Waals surface area contributed by atoms with Crippen molar-refractivity contribution in [3.05, 3.63) is 56.8 Å². The van der Waals surface area contributed by atoms with Crippen molar-refractivity contribution in [2.45, 2.75) is 0 Å². The highest BCUT2D eigenvalue weighted by atomic mass is 35.5. The standard InChI is InChI=1S/C14H8Cl2FN3O/c1-20-14(21)9-5-12(16)19-13(10(9)6-18-20)8-3-2-7(15)4-11(8)17/h2-6H,1H3. The summed E-state index contributed by atoms with van der Waals surface area (Å²) in [6.07, 6.45) is 1.46. The molecule has 0 aliphatic rings. The van der Waals surface area contributed by atoms with Crippen molar-refractivity contribution in [3.63, 3.8) is 0 Å². The summed E-state index contributed by atoms with van der Waals surface area (Å²) >= 11 is 11.7. The molecule has 2 aromatic heterocycles. The first-order valence-electron chi connectivity index (χ1n) is 5.95. The molecule has 3 rings (SSSR count). The summed E-state index contributed by atoms with van der Waals surface area (Å²) in [4.78, 5) is 16.2. The third-order valence-corrected chi connectivity index (χ3v) is 3.53. The molecule has 0 aliphatic heterocycles. The molecular weight excluding hydrogens is 316 g/mol. The van der Waals surface area contributed by atoms with Crippen LogP contribution in [0.2, 0.25) is 10.2 Å². The fourth-order valence-corrected chi connectivity index (χ4v) is 2.44. The van der Waals surface area contributed by atoms with E-state index in [1.165, 1.54) is 36.1 Å². The Labute approximate surface area is 128 Å². The normalized spacial score (nSPS) is 11.0. The summed E-state index contributed by atoms with van der Waals surface area (Å²) in [7, 11) is 1.53. The number of rotatable bonds is 1. The molecule has 4 nitrogen and oxygen atoms in total. The van der Waals surface area contributed by atoms with Gasteiger partial charge in [0, 0.05) is 23.0 Å². The van der Waals surface area contributed by atoms with Crippen LogP contribution in [-0.2, 0) is 7.05 Å². The van der Waals surface area contributed by atoms with Crippen LogP contribution in [0.4, 0.5) is 4.39 Å². The molecule has 0 unspecified atom stereocenters. The van der Waals surface area contributed by atoms with E-state index in [1.54, 1.807) is 6.07 Å². The minimum Gasteiger partial charge on any atom is -0.267 e. The second-order valence-electron chi connectivity index (χ2n) is 4.45. The molecule has 7 heteroatoms. The molecule has 106 valence electrons. The molecule has 0 saturated heterocycles. The first-order chi connectivity index (χ1) is 9.97. The number of aryl methyl sites for hydroxylation is 1. The van der Waals surface area contributed by atoms with Gasteiger partial charge < -0.3 is 0 Å². The van der Waals surface area contributed by atoms with Crippen LogP contribution in [0.15, 0.2) is 35.3 Å². The molecule has 0 radical (unpaired) electrons. The Hall–Kier alpha value is -1.98. The van der Waals surface area contributed by atoms with Gasteiger partial charge in [0.2, 0.25) is 0 Å². The van der Waals surface area contributed by atoms with Crippen molar-refractivity contribution in [1.29, 1.82) is 0 Å². The number of pyridine rings is 1. The lowest BCUT2D eigenvalue weighted by molar-refractivity contribution is 0.631. The smallest absolute Gasteiger partial charge is 0.267 e. The van der Waals surface area contributed by atoms with Crippen LogP contribution in [0.1, 0.15) is 0 Å². The van der Waals surface area contributed by atoms with Gasteiger partial charge in [0.15, 0.2) is 0 Å². The van der Waals surface area contributed by atoms with E-state index in [0.29, 0.717) is 10.8 Å². The molecule has 0 N–H and O–H groups in total. The van der Waals surface area contributed by atoms with Gasteiger partial charge in [-0.1, -0.05) is 23.2 Å². The van der Waals surface area contributed by atoms with E-state index in [9.17, 15) is 9.18 Å². The fraction of sp³-hybridized carbons (Fsp3) is 0.0714. The van der Waals surface area contributed by atoms with E-state index >= 15 is 0 Å². The topological polar surface area (TPSA) is 47.8 Å². The van der Waals surface area contributed by atoms with Crippen LogP contribution in [0, 0.1) is 5.82 Å². The lowest BCUT2D eigenvalue weighted by Crippen LogP contribution is -2.19. The lowest BCUT2D eigenvalue weighted by atomic mass is 10.1. The maximum Gasteiger partial charge on any atom is 0.274 e. The average Bonchev–Trinajstić information content (AvgIpc) is 2.43. The molecule has 0 saturated carbocycles. The number of aromatic nitrogens is 3. The molecule has 0 aliphatic carbocycles. The molecule has 3 aromatic rings. The SMILES string of the molecule is Cn1ncc2c(-c3ccc(Cl)cc3F)nc(Cl)cc2c1=O. The van der Waals surface area contributed by atoms with Gasteiger partial charge >= 0.3 is 0 Å². The molecule has 2 heterocycles. The Kier molecular flexibility index (Phi) is 3.39. The summed E-state index contributed by atoms with van der Waals surface area (Å²) < 4.78 is 15.3. The van der Waals surface area contributed by atoms with E-state index in [2.05, 4.69) is 10.1 Å². The minimum absolute atomic E-state index is 0.107. The van der Waals surface area contributed by atoms with E-state index in [4.69, 9.17) is 23.2 Å². The highest BCUT2D eigenvalue weighted by Gasteiger charge is 2.15. The second kappa shape index (κ2) is 5.09. The highest BCUT2D eigenvalue weighted by molar-refractivity contribution is 6.31. The Morgan fingerprint density at radius 3 is 2.67 bits per heavy atom. The van der Waals surface area contributed by atoms with Crippen LogP contribution in [-0.4, -0.2) is 14.8 Å². The fourth-order valence-electron chi connectivity index (χ4n) is 2.09. The largest absolute Gasteiger partial charge is 0.274 e. The summed E-state index contributed by atoms with van der Waals surface area (Å²) in [5.41, 5.74) is 0.145. The Balaban J connectivity index is 2.42. The zero-order valence-electron chi connectivity index (χ0n) is 10.8. The van der Waals surface area contributed by atoms with Crippen LogP contribution < -0.4 is 5.56 Å². The molecule has 0 fully saturated rings. The Bertz CT molecular complexity index is 924. The molecule has 0 amide bonds. The second-order valence-corrected chi connectivity index (χ2v) is 5.28. The number of nitrogens with zero attached hydrogens (tertiary/aromatic N) is 3. The van der Waals surface area contributed by atoms with E-state index < -0.39 is 5.82 Å². The lowest BCUT2D eigenvalue weighted by Gasteiger charge is -2.08. The summed E-state index contributed by atoms with van der Waals surface area (Å²) in [5.74, 6) is -0.542. The van der Waals surface area contributed by atoms with Gasteiger partial charge in [-0.25, -0.2) is 14.1 Å². The molecule has 1 aromatic carbocycles. The van der Waals surface area contributed by atoms with Gasteiger partial charge in [0.25, 0.3) is 5.56 Å². The maximum absolute atomic E-state index is 14.1. The first-order valence-corrected chi connectivity index (χ1v) is 6.71. The maximum atomic E-state index is 14.1. The predicted octanol–water partition coefficient (Wildman–Crippen LogP) is 3.44. The molecule has 0 atom stereocenters. The average molecular weight is 324 g/mol. The van der Waals surface area contributed by atoms with Crippen LogP contribution >= 0.6 is 23.2 Å². The molecule has 21 heavy (non-hydrogen) atoms. The van der Waals surface area contributed by atoms with Gasteiger partial charge in [-0.3, -0.25) is 4.79 Å². The molecule has 0 spiro atoms. The highest BCUT2D eigenvalue weighted by Crippen LogP contribution is 2.30. The van der Waals surface area contributed by atoms with Crippen molar-refractivity contribution in [1.82, 2.24) is 14.8 Å². The molecular formula is C14H8Cl2FN3O. The van der Waals surface area contributed by atoms with Gasteiger partial charge in [0.1, 0.15) is 11.0 Å². The predicted molar refractivity (Wildman–Crippen MR) is 80.2 cm³/mol. The summed E-state index contributed by atoms with van der Waals surface area (Å²) in [6, 6.07) is 5.66. The quantitative estimate of drug-likeness (QED) is 0.644. The number of hydrogen-bond acceptors (Lipinski definition) is 3. The van der Waals surface area contributed by atoms with Gasteiger partial charge in [0.05, 0.1) is 17.3 Å². The zero-order chi connectivity index (χ0) is 15.1. The van der Waals surface area contributed by atoms with E-state index in [1.807, 2.05) is 0 Å². The van der Waals surface area contributed by atoms with Gasteiger partial charge in [-0.15, -0.1) is 0 Å². The van der Waals surface area contributed by atoms with Crippen LogP contribution in [0.25, 0.3) is 22.0 Å². The zero-order valence-corrected chi connectivity index (χ0v) is 12.3. The number of hydrogen-bond donors (Lipinski definition) is 0. The number of benzene rings is 1. The number of halogens is 3. The first kappa shape index (κ1) is 14.0. The van der Waals surface area contributed by atoms with Crippen molar-refractivity contribution < 1.29 is 4.39 Å². The Morgan fingerprint density at radius 2 is 1.95 bits per heavy atom. The van der Waals surface area contributed by atoms with Crippen molar-refractivity contribution in [3.8, 4) is 11.3 Å². The Morgan fingerprint density at radius 1 is 1.19 bits per heavy atom. The van der Waals surface area contributed by atoms with E-state index in [0.717, 1.165) is 0 Å². The minimum atomic E-state index is -0.542. The van der Waals surface area contributed by atoms with Gasteiger partial charge in [-0.05, 0) is 24.3 Å². The third kappa shape index (κ3) is 2.39. The third-order valence-electron chi connectivity index (χ3n) is 3.10. The van der Waals surface area contributed by atoms with Crippen LogP contribution in [0.3, 0.4) is 0 Å².